The number of hydrogen-bond donors (Lipinski definition) is 2. The molecule has 0 spiro atoms. The monoisotopic (exact) mass is 235 g/mol. The van der Waals surface area contributed by atoms with Crippen LogP contribution in [0.15, 0.2) is 6.07 Å². The van der Waals surface area contributed by atoms with E-state index in [0.717, 1.165) is 49.6 Å². The fourth-order valence-electron chi connectivity index (χ4n) is 2.39. The molecule has 1 saturated carbocycles. The van der Waals surface area contributed by atoms with Crippen LogP contribution in [0.5, 0.6) is 0 Å². The molecule has 0 saturated heterocycles. The molecule has 1 aromatic heterocycles. The zero-order chi connectivity index (χ0) is 12.3. The van der Waals surface area contributed by atoms with E-state index in [1.807, 2.05) is 19.9 Å². The van der Waals surface area contributed by atoms with Gasteiger partial charge >= 0.3 is 0 Å². The number of hydrogen-bond acceptors (Lipinski definition) is 4. The molecule has 2 rings (SSSR count). The molecule has 1 heterocycles. The molecule has 0 aromatic carbocycles. The van der Waals surface area contributed by atoms with Gasteiger partial charge in [-0.3, -0.25) is 0 Å². The van der Waals surface area contributed by atoms with E-state index >= 15 is 0 Å². The first kappa shape index (κ1) is 12.3. The van der Waals surface area contributed by atoms with Crippen LogP contribution in [0.3, 0.4) is 0 Å². The Kier molecular flexibility index (Phi) is 3.94. The van der Waals surface area contributed by atoms with Gasteiger partial charge in [0.05, 0.1) is 6.10 Å². The summed E-state index contributed by atoms with van der Waals surface area (Å²) in [6, 6.07) is 1.97. The minimum atomic E-state index is -0.0799. The van der Waals surface area contributed by atoms with Gasteiger partial charge in [0.1, 0.15) is 0 Å². The van der Waals surface area contributed by atoms with Gasteiger partial charge in [-0.2, -0.15) is 0 Å². The summed E-state index contributed by atoms with van der Waals surface area (Å²) in [5.74, 6) is 1.37. The van der Waals surface area contributed by atoms with Crippen LogP contribution in [-0.4, -0.2) is 27.7 Å². The van der Waals surface area contributed by atoms with Gasteiger partial charge in [0.15, 0.2) is 0 Å². The molecule has 2 N–H and O–H groups in total. The molecule has 1 fully saturated rings. The topological polar surface area (TPSA) is 58.0 Å². The second-order valence-electron chi connectivity index (χ2n) is 5.03. The van der Waals surface area contributed by atoms with Crippen molar-refractivity contribution in [3.05, 3.63) is 17.5 Å². The maximum Gasteiger partial charge on any atom is 0.223 e. The predicted octanol–water partition coefficient (Wildman–Crippen LogP) is 2.06. The van der Waals surface area contributed by atoms with Crippen molar-refractivity contribution in [1.29, 1.82) is 0 Å². The normalized spacial score (nSPS) is 24.6. The molecule has 0 amide bonds. The zero-order valence-corrected chi connectivity index (χ0v) is 10.6. The Labute approximate surface area is 102 Å². The third-order valence-corrected chi connectivity index (χ3v) is 3.35. The lowest BCUT2D eigenvalue weighted by atomic mass is 9.87. The molecule has 0 atom stereocenters. The van der Waals surface area contributed by atoms with Crippen molar-refractivity contribution < 1.29 is 5.11 Å². The first-order valence-electron chi connectivity index (χ1n) is 6.37. The average Bonchev–Trinajstić information content (AvgIpc) is 2.27. The van der Waals surface area contributed by atoms with Gasteiger partial charge in [0.25, 0.3) is 0 Å². The van der Waals surface area contributed by atoms with E-state index in [-0.39, 0.29) is 6.10 Å². The molecule has 1 aromatic rings. The fourth-order valence-corrected chi connectivity index (χ4v) is 2.39. The van der Waals surface area contributed by atoms with E-state index in [1.165, 1.54) is 0 Å². The Morgan fingerprint density at radius 2 is 1.76 bits per heavy atom. The summed E-state index contributed by atoms with van der Waals surface area (Å²) in [6.45, 7) is 4.88. The quantitative estimate of drug-likeness (QED) is 0.842. The van der Waals surface area contributed by atoms with Crippen molar-refractivity contribution >= 4 is 5.95 Å². The Morgan fingerprint density at radius 1 is 1.18 bits per heavy atom. The number of aliphatic hydroxyl groups is 1. The van der Waals surface area contributed by atoms with E-state index < -0.39 is 0 Å². The SMILES string of the molecule is Cc1cc(C)nc(NCC2CCC(O)CC2)n1. The summed E-state index contributed by atoms with van der Waals surface area (Å²) in [4.78, 5) is 8.72. The van der Waals surface area contributed by atoms with Crippen molar-refractivity contribution in [2.45, 2.75) is 45.6 Å². The molecule has 4 heteroatoms. The Balaban J connectivity index is 1.85. The highest BCUT2D eigenvalue weighted by Crippen LogP contribution is 2.24. The smallest absolute Gasteiger partial charge is 0.223 e. The highest BCUT2D eigenvalue weighted by atomic mass is 16.3. The van der Waals surface area contributed by atoms with E-state index in [9.17, 15) is 5.11 Å². The second-order valence-corrected chi connectivity index (χ2v) is 5.03. The van der Waals surface area contributed by atoms with Crippen LogP contribution in [0.2, 0.25) is 0 Å². The predicted molar refractivity (Wildman–Crippen MR) is 68.0 cm³/mol. The molecular weight excluding hydrogens is 214 g/mol. The highest BCUT2D eigenvalue weighted by Gasteiger charge is 2.19. The van der Waals surface area contributed by atoms with Crippen LogP contribution >= 0.6 is 0 Å². The molecule has 0 aliphatic heterocycles. The number of aryl methyl sites for hydroxylation is 2. The van der Waals surface area contributed by atoms with Crippen LogP contribution in [0, 0.1) is 19.8 Å². The summed E-state index contributed by atoms with van der Waals surface area (Å²) in [7, 11) is 0. The average molecular weight is 235 g/mol. The van der Waals surface area contributed by atoms with E-state index in [4.69, 9.17) is 0 Å². The molecule has 17 heavy (non-hydrogen) atoms. The molecule has 0 radical (unpaired) electrons. The zero-order valence-electron chi connectivity index (χ0n) is 10.6. The lowest BCUT2D eigenvalue weighted by Crippen LogP contribution is -2.24. The minimum absolute atomic E-state index is 0.0799. The molecule has 0 bridgehead atoms. The van der Waals surface area contributed by atoms with Gasteiger partial charge in [0, 0.05) is 17.9 Å². The van der Waals surface area contributed by atoms with Gasteiger partial charge in [-0.15, -0.1) is 0 Å². The van der Waals surface area contributed by atoms with Gasteiger partial charge in [-0.1, -0.05) is 0 Å². The number of nitrogens with one attached hydrogen (secondary N) is 1. The molecule has 1 aliphatic carbocycles. The minimum Gasteiger partial charge on any atom is -0.393 e. The van der Waals surface area contributed by atoms with Crippen LogP contribution in [0.25, 0.3) is 0 Å². The van der Waals surface area contributed by atoms with Gasteiger partial charge in [0.2, 0.25) is 5.95 Å². The molecular formula is C13H21N3O. The van der Waals surface area contributed by atoms with Crippen molar-refractivity contribution in [2.24, 2.45) is 5.92 Å². The first-order chi connectivity index (χ1) is 8.13. The number of rotatable bonds is 3. The highest BCUT2D eigenvalue weighted by molar-refractivity contribution is 5.27. The van der Waals surface area contributed by atoms with Crippen LogP contribution in [-0.2, 0) is 0 Å². The molecule has 94 valence electrons. The third-order valence-electron chi connectivity index (χ3n) is 3.35. The van der Waals surface area contributed by atoms with Crippen molar-refractivity contribution in [3.8, 4) is 0 Å². The maximum absolute atomic E-state index is 9.44. The largest absolute Gasteiger partial charge is 0.393 e. The standard InChI is InChI=1S/C13H21N3O/c1-9-7-10(2)16-13(15-9)14-8-11-3-5-12(17)6-4-11/h7,11-12,17H,3-6,8H2,1-2H3,(H,14,15,16). The summed E-state index contributed by atoms with van der Waals surface area (Å²) < 4.78 is 0. The Bertz CT molecular complexity index is 353. The molecule has 0 unspecified atom stereocenters. The Morgan fingerprint density at radius 3 is 2.35 bits per heavy atom. The summed E-state index contributed by atoms with van der Waals surface area (Å²) >= 11 is 0. The summed E-state index contributed by atoms with van der Waals surface area (Å²) in [5, 5.41) is 12.7. The number of aromatic nitrogens is 2. The number of aliphatic hydroxyl groups excluding tert-OH is 1. The third kappa shape index (κ3) is 3.66. The van der Waals surface area contributed by atoms with E-state index in [0.29, 0.717) is 5.92 Å². The van der Waals surface area contributed by atoms with E-state index in [2.05, 4.69) is 15.3 Å². The van der Waals surface area contributed by atoms with Crippen molar-refractivity contribution in [2.75, 3.05) is 11.9 Å². The van der Waals surface area contributed by atoms with Crippen LogP contribution in [0.4, 0.5) is 5.95 Å². The van der Waals surface area contributed by atoms with Crippen LogP contribution < -0.4 is 5.32 Å². The lowest BCUT2D eigenvalue weighted by molar-refractivity contribution is 0.111. The van der Waals surface area contributed by atoms with Crippen molar-refractivity contribution in [1.82, 2.24) is 9.97 Å². The van der Waals surface area contributed by atoms with Crippen LogP contribution in [0.1, 0.15) is 37.1 Å². The first-order valence-corrected chi connectivity index (χ1v) is 6.37. The maximum atomic E-state index is 9.44. The van der Waals surface area contributed by atoms with Gasteiger partial charge in [-0.25, -0.2) is 9.97 Å². The Hall–Kier alpha value is -1.16. The molecule has 1 aliphatic rings. The number of nitrogens with zero attached hydrogens (tertiary/aromatic N) is 2. The fraction of sp³-hybridized carbons (Fsp3) is 0.692. The van der Waals surface area contributed by atoms with E-state index in [1.54, 1.807) is 0 Å². The van der Waals surface area contributed by atoms with Gasteiger partial charge in [-0.05, 0) is 51.5 Å². The lowest BCUT2D eigenvalue weighted by Gasteiger charge is -2.25. The van der Waals surface area contributed by atoms with Gasteiger partial charge < -0.3 is 10.4 Å². The second kappa shape index (κ2) is 5.45. The number of anilines is 1. The summed E-state index contributed by atoms with van der Waals surface area (Å²) in [5.41, 5.74) is 2.00. The molecule has 4 nitrogen and oxygen atoms in total. The van der Waals surface area contributed by atoms with Crippen molar-refractivity contribution in [3.63, 3.8) is 0 Å². The summed E-state index contributed by atoms with van der Waals surface area (Å²) in [6.07, 6.45) is 3.97.